The lowest BCUT2D eigenvalue weighted by atomic mass is 10.1. The maximum absolute atomic E-state index is 11.8. The van der Waals surface area contributed by atoms with Gasteiger partial charge in [-0.15, -0.1) is 0 Å². The van der Waals surface area contributed by atoms with E-state index in [1.165, 1.54) is 0 Å². The first-order valence-electron chi connectivity index (χ1n) is 11.3. The number of nitrogens with one attached hydrogen (secondary N) is 3. The molecule has 6 aromatic rings. The van der Waals surface area contributed by atoms with Crippen molar-refractivity contribution in [1.82, 2.24) is 30.1 Å². The number of aromatic nitrogens is 6. The number of fused-ring (bicyclic) bond motifs is 2. The minimum absolute atomic E-state index is 0.0569. The summed E-state index contributed by atoms with van der Waals surface area (Å²) in [5.74, 6) is -0.0569. The second-order valence-electron chi connectivity index (χ2n) is 8.22. The average Bonchev–Trinajstić information content (AvgIpc) is 3.53. The Morgan fingerprint density at radius 3 is 2.71 bits per heavy atom. The molecule has 1 aromatic carbocycles. The van der Waals surface area contributed by atoms with Gasteiger partial charge in [0.05, 0.1) is 29.0 Å². The molecule has 0 fully saturated rings. The number of carbonyl (C=O) groups excluding carboxylic acids is 1. The molecule has 5 aromatic heterocycles. The van der Waals surface area contributed by atoms with Gasteiger partial charge in [0, 0.05) is 58.0 Å². The zero-order valence-corrected chi connectivity index (χ0v) is 18.9. The maximum Gasteiger partial charge on any atom is 0.224 e. The Morgan fingerprint density at radius 2 is 1.86 bits per heavy atom. The maximum atomic E-state index is 11.8. The van der Waals surface area contributed by atoms with Crippen molar-refractivity contribution in [2.24, 2.45) is 0 Å². The zero-order chi connectivity index (χ0) is 23.8. The van der Waals surface area contributed by atoms with Crippen molar-refractivity contribution in [1.29, 1.82) is 0 Å². The molecule has 8 heteroatoms. The second-order valence-corrected chi connectivity index (χ2v) is 8.22. The number of benzene rings is 1. The second kappa shape index (κ2) is 8.49. The number of carbonyl (C=O) groups is 1. The van der Waals surface area contributed by atoms with Crippen molar-refractivity contribution < 1.29 is 4.79 Å². The molecule has 6 rings (SSSR count). The van der Waals surface area contributed by atoms with E-state index in [0.29, 0.717) is 17.8 Å². The summed E-state index contributed by atoms with van der Waals surface area (Å²) < 4.78 is 0. The van der Waals surface area contributed by atoms with E-state index in [1.807, 2.05) is 43.3 Å². The number of aromatic amines is 2. The lowest BCUT2D eigenvalue weighted by Gasteiger charge is -2.06. The van der Waals surface area contributed by atoms with Crippen LogP contribution in [0.3, 0.4) is 0 Å². The van der Waals surface area contributed by atoms with Crippen LogP contribution in [0.2, 0.25) is 0 Å². The highest BCUT2D eigenvalue weighted by molar-refractivity contribution is 6.00. The van der Waals surface area contributed by atoms with E-state index in [4.69, 9.17) is 0 Å². The van der Waals surface area contributed by atoms with Gasteiger partial charge in [-0.2, -0.15) is 5.10 Å². The number of H-pyrrole nitrogens is 2. The highest BCUT2D eigenvalue weighted by atomic mass is 16.1. The lowest BCUT2D eigenvalue weighted by Crippen LogP contribution is -2.09. The third-order valence-corrected chi connectivity index (χ3v) is 5.96. The van der Waals surface area contributed by atoms with Gasteiger partial charge >= 0.3 is 0 Å². The van der Waals surface area contributed by atoms with Crippen molar-refractivity contribution in [3.8, 4) is 33.8 Å². The highest BCUT2D eigenvalue weighted by Gasteiger charge is 2.15. The van der Waals surface area contributed by atoms with E-state index in [1.54, 1.807) is 24.8 Å². The molecule has 35 heavy (non-hydrogen) atoms. The average molecular weight is 460 g/mol. The van der Waals surface area contributed by atoms with Gasteiger partial charge in [0.2, 0.25) is 5.91 Å². The quantitative estimate of drug-likeness (QED) is 0.312. The summed E-state index contributed by atoms with van der Waals surface area (Å²) in [7, 11) is 0. The molecule has 0 radical (unpaired) electrons. The molecule has 1 amide bonds. The molecular formula is C27H21N7O. The summed E-state index contributed by atoms with van der Waals surface area (Å²) in [6.45, 7) is 1.81. The van der Waals surface area contributed by atoms with E-state index < -0.39 is 0 Å². The summed E-state index contributed by atoms with van der Waals surface area (Å²) >= 11 is 0. The Bertz CT molecular complexity index is 1680. The molecule has 0 aliphatic heterocycles. The molecule has 0 bridgehead atoms. The molecule has 0 unspecified atom stereocenters. The lowest BCUT2D eigenvalue weighted by molar-refractivity contribution is -0.115. The number of pyridine rings is 3. The van der Waals surface area contributed by atoms with E-state index in [2.05, 4.69) is 53.6 Å². The number of hydrogen-bond acceptors (Lipinski definition) is 5. The Morgan fingerprint density at radius 1 is 0.943 bits per heavy atom. The number of nitrogens with zero attached hydrogens (tertiary/aromatic N) is 4. The molecule has 8 nitrogen and oxygen atoms in total. The van der Waals surface area contributed by atoms with Crippen molar-refractivity contribution in [3.63, 3.8) is 0 Å². The molecule has 0 aliphatic rings. The number of rotatable bonds is 5. The van der Waals surface area contributed by atoms with Crippen molar-refractivity contribution >= 4 is 33.5 Å². The van der Waals surface area contributed by atoms with Crippen LogP contribution in [-0.4, -0.2) is 36.0 Å². The van der Waals surface area contributed by atoms with Crippen LogP contribution < -0.4 is 5.32 Å². The SMILES string of the molecule is CCC(=O)Nc1cncc(-c2cnc3n[nH]c(-c4cc5c(-c6ccccn6)cccc5[nH]4)c3c2)c1. The van der Waals surface area contributed by atoms with Crippen LogP contribution in [0, 0.1) is 0 Å². The van der Waals surface area contributed by atoms with Gasteiger partial charge in [0.15, 0.2) is 5.65 Å². The van der Waals surface area contributed by atoms with E-state index in [0.717, 1.165) is 50.1 Å². The minimum Gasteiger partial charge on any atom is -0.353 e. The van der Waals surface area contributed by atoms with Crippen LogP contribution in [0.4, 0.5) is 5.69 Å². The minimum atomic E-state index is -0.0569. The summed E-state index contributed by atoms with van der Waals surface area (Å²) in [5.41, 5.74) is 7.76. The molecule has 170 valence electrons. The Hall–Kier alpha value is -4.85. The van der Waals surface area contributed by atoms with Crippen LogP contribution in [-0.2, 0) is 4.79 Å². The largest absolute Gasteiger partial charge is 0.353 e. The Labute approximate surface area is 200 Å². The van der Waals surface area contributed by atoms with Crippen molar-refractivity contribution in [3.05, 3.63) is 79.4 Å². The van der Waals surface area contributed by atoms with Crippen LogP contribution in [0.1, 0.15) is 13.3 Å². The van der Waals surface area contributed by atoms with Crippen LogP contribution in [0.5, 0.6) is 0 Å². The van der Waals surface area contributed by atoms with Gasteiger partial charge in [0.25, 0.3) is 0 Å². The third kappa shape index (κ3) is 3.80. The molecule has 0 saturated carbocycles. The van der Waals surface area contributed by atoms with E-state index in [-0.39, 0.29) is 5.91 Å². The van der Waals surface area contributed by atoms with E-state index >= 15 is 0 Å². The van der Waals surface area contributed by atoms with Gasteiger partial charge in [0.1, 0.15) is 0 Å². The van der Waals surface area contributed by atoms with Gasteiger partial charge < -0.3 is 10.3 Å². The summed E-state index contributed by atoms with van der Waals surface area (Å²) in [6.07, 6.45) is 7.36. The van der Waals surface area contributed by atoms with Crippen molar-refractivity contribution in [2.75, 3.05) is 5.32 Å². The zero-order valence-electron chi connectivity index (χ0n) is 18.9. The normalized spacial score (nSPS) is 11.2. The third-order valence-electron chi connectivity index (χ3n) is 5.96. The predicted molar refractivity (Wildman–Crippen MR) is 137 cm³/mol. The van der Waals surface area contributed by atoms with E-state index in [9.17, 15) is 4.79 Å². The first-order chi connectivity index (χ1) is 17.2. The summed E-state index contributed by atoms with van der Waals surface area (Å²) in [5, 5.41) is 12.4. The van der Waals surface area contributed by atoms with Gasteiger partial charge in [-0.1, -0.05) is 25.1 Å². The summed E-state index contributed by atoms with van der Waals surface area (Å²) in [4.78, 5) is 28.7. The number of anilines is 1. The first-order valence-corrected chi connectivity index (χ1v) is 11.3. The summed E-state index contributed by atoms with van der Waals surface area (Å²) in [6, 6.07) is 18.1. The standard InChI is InChI=1S/C27H21N7O/c1-2-25(35)31-18-10-16(13-28-15-18)17-11-21-26(33-34-27(21)30-14-17)24-12-20-19(6-5-8-23(20)32-24)22-7-3-4-9-29-22/h3-15,32H,2H2,1H3,(H,31,35)(H,30,33,34). The number of amides is 1. The molecule has 0 aliphatic carbocycles. The fraction of sp³-hybridized carbons (Fsp3) is 0.0741. The topological polar surface area (TPSA) is 112 Å². The van der Waals surface area contributed by atoms with Crippen molar-refractivity contribution in [2.45, 2.75) is 13.3 Å². The van der Waals surface area contributed by atoms with Crippen LogP contribution in [0.15, 0.2) is 79.4 Å². The predicted octanol–water partition coefficient (Wildman–Crippen LogP) is 5.58. The first kappa shape index (κ1) is 20.7. The van der Waals surface area contributed by atoms with Gasteiger partial charge in [-0.05, 0) is 36.4 Å². The fourth-order valence-corrected chi connectivity index (χ4v) is 4.21. The Balaban J connectivity index is 1.43. The van der Waals surface area contributed by atoms with Crippen LogP contribution >= 0.6 is 0 Å². The van der Waals surface area contributed by atoms with Gasteiger partial charge in [-0.25, -0.2) is 4.98 Å². The monoisotopic (exact) mass is 459 g/mol. The molecule has 0 atom stereocenters. The number of hydrogen-bond donors (Lipinski definition) is 3. The molecule has 3 N–H and O–H groups in total. The van der Waals surface area contributed by atoms with Gasteiger partial charge in [-0.3, -0.25) is 19.9 Å². The molecule has 5 heterocycles. The molecule has 0 saturated heterocycles. The smallest absolute Gasteiger partial charge is 0.224 e. The Kier molecular flexibility index (Phi) is 5.03. The molecular weight excluding hydrogens is 438 g/mol. The highest BCUT2D eigenvalue weighted by Crippen LogP contribution is 2.34. The molecule has 0 spiro atoms. The van der Waals surface area contributed by atoms with Crippen LogP contribution in [0.25, 0.3) is 55.7 Å². The fourth-order valence-electron chi connectivity index (χ4n) is 4.21.